The van der Waals surface area contributed by atoms with Gasteiger partial charge in [-0.05, 0) is 30.3 Å². The summed E-state index contributed by atoms with van der Waals surface area (Å²) in [6.07, 6.45) is 1.82. The number of likely N-dealkylation sites (N-methyl/N-ethyl adjacent to an activating group) is 1. The summed E-state index contributed by atoms with van der Waals surface area (Å²) in [6.45, 7) is 1.44. The molecule has 4 nitrogen and oxygen atoms in total. The summed E-state index contributed by atoms with van der Waals surface area (Å²) in [7, 11) is 3.93. The van der Waals surface area contributed by atoms with Crippen molar-refractivity contribution in [3.63, 3.8) is 0 Å². The van der Waals surface area contributed by atoms with Crippen LogP contribution in [0.15, 0.2) is 30.5 Å². The Hall–Kier alpha value is -1.65. The van der Waals surface area contributed by atoms with Gasteiger partial charge in [0.25, 0.3) is 0 Å². The highest BCUT2D eigenvalue weighted by molar-refractivity contribution is 5.61. The van der Waals surface area contributed by atoms with E-state index in [1.165, 1.54) is 16.7 Å². The molecule has 2 aromatic rings. The lowest BCUT2D eigenvalue weighted by atomic mass is 9.96. The minimum absolute atomic E-state index is 0.300. The van der Waals surface area contributed by atoms with E-state index >= 15 is 0 Å². The molecule has 0 saturated heterocycles. The van der Waals surface area contributed by atoms with Crippen LogP contribution in [0.1, 0.15) is 17.2 Å². The number of fused-ring (bicyclic) bond motifs is 1. The Bertz CT molecular complexity index is 562. The Labute approximate surface area is 107 Å². The van der Waals surface area contributed by atoms with E-state index in [-0.39, 0.29) is 0 Å². The van der Waals surface area contributed by atoms with E-state index in [0.717, 1.165) is 12.3 Å². The molecule has 1 aromatic carbocycles. The molecule has 0 bridgehead atoms. The maximum Gasteiger partial charge on any atom is 0.0721 e. The Morgan fingerprint density at radius 2 is 2.28 bits per heavy atom. The largest absolute Gasteiger partial charge is 0.375 e. The third kappa shape index (κ3) is 1.83. The SMILES string of the molecule is CN[C@@H]1COCc2cc(-c3ccnn3C)ccc21. The normalized spacial score (nSPS) is 18.7. The average Bonchev–Trinajstić information content (AvgIpc) is 2.83. The van der Waals surface area contributed by atoms with Crippen molar-refractivity contribution in [2.45, 2.75) is 12.6 Å². The van der Waals surface area contributed by atoms with Crippen LogP contribution in [0, 0.1) is 0 Å². The zero-order chi connectivity index (χ0) is 12.5. The maximum atomic E-state index is 5.62. The van der Waals surface area contributed by atoms with Crippen LogP contribution in [-0.4, -0.2) is 23.4 Å². The van der Waals surface area contributed by atoms with Crippen LogP contribution in [0.3, 0.4) is 0 Å². The summed E-state index contributed by atoms with van der Waals surface area (Å²) in [5.74, 6) is 0. The van der Waals surface area contributed by atoms with Gasteiger partial charge < -0.3 is 10.1 Å². The van der Waals surface area contributed by atoms with Gasteiger partial charge in [-0.15, -0.1) is 0 Å². The van der Waals surface area contributed by atoms with Crippen molar-refractivity contribution in [3.8, 4) is 11.3 Å². The van der Waals surface area contributed by atoms with Gasteiger partial charge in [0.1, 0.15) is 0 Å². The zero-order valence-corrected chi connectivity index (χ0v) is 10.7. The molecular weight excluding hydrogens is 226 g/mol. The molecule has 0 amide bonds. The standard InChI is InChI=1S/C14H17N3O/c1-15-13-9-18-8-11-7-10(3-4-12(11)13)14-5-6-16-17(14)2/h3-7,13,15H,8-9H2,1-2H3/t13-/m1/s1. The Morgan fingerprint density at radius 1 is 1.39 bits per heavy atom. The average molecular weight is 243 g/mol. The molecule has 1 aliphatic heterocycles. The fourth-order valence-electron chi connectivity index (χ4n) is 2.50. The third-order valence-corrected chi connectivity index (χ3v) is 3.53. The molecule has 0 unspecified atom stereocenters. The van der Waals surface area contributed by atoms with Crippen LogP contribution >= 0.6 is 0 Å². The number of benzene rings is 1. The molecule has 0 aliphatic carbocycles. The van der Waals surface area contributed by atoms with Crippen LogP contribution in [0.5, 0.6) is 0 Å². The predicted molar refractivity (Wildman–Crippen MR) is 70.1 cm³/mol. The van der Waals surface area contributed by atoms with Gasteiger partial charge >= 0.3 is 0 Å². The molecular formula is C14H17N3O. The van der Waals surface area contributed by atoms with E-state index < -0.39 is 0 Å². The van der Waals surface area contributed by atoms with Crippen molar-refractivity contribution in [3.05, 3.63) is 41.6 Å². The smallest absolute Gasteiger partial charge is 0.0721 e. The monoisotopic (exact) mass is 243 g/mol. The molecule has 1 aliphatic rings. The highest BCUT2D eigenvalue weighted by atomic mass is 16.5. The van der Waals surface area contributed by atoms with Crippen molar-refractivity contribution >= 4 is 0 Å². The van der Waals surface area contributed by atoms with Gasteiger partial charge in [-0.25, -0.2) is 0 Å². The first-order valence-electron chi connectivity index (χ1n) is 6.16. The number of nitrogens with one attached hydrogen (secondary N) is 1. The number of hydrogen-bond donors (Lipinski definition) is 1. The van der Waals surface area contributed by atoms with Crippen LogP contribution in [0.25, 0.3) is 11.3 Å². The molecule has 1 aromatic heterocycles. The topological polar surface area (TPSA) is 39.1 Å². The summed E-state index contributed by atoms with van der Waals surface area (Å²) in [4.78, 5) is 0. The first kappa shape index (κ1) is 11.4. The van der Waals surface area contributed by atoms with Crippen molar-refractivity contribution in [1.29, 1.82) is 0 Å². The van der Waals surface area contributed by atoms with Gasteiger partial charge in [0, 0.05) is 18.8 Å². The number of nitrogens with zero attached hydrogens (tertiary/aromatic N) is 2. The summed E-state index contributed by atoms with van der Waals surface area (Å²) in [5.41, 5.74) is 4.92. The summed E-state index contributed by atoms with van der Waals surface area (Å²) in [5, 5.41) is 7.49. The lowest BCUT2D eigenvalue weighted by molar-refractivity contribution is 0.0844. The van der Waals surface area contributed by atoms with Crippen LogP contribution < -0.4 is 5.32 Å². The first-order valence-corrected chi connectivity index (χ1v) is 6.16. The minimum Gasteiger partial charge on any atom is -0.375 e. The molecule has 0 spiro atoms. The van der Waals surface area contributed by atoms with Crippen LogP contribution in [0.2, 0.25) is 0 Å². The summed E-state index contributed by atoms with van der Waals surface area (Å²) < 4.78 is 7.51. The predicted octanol–water partition coefficient (Wildman–Crippen LogP) is 1.88. The Balaban J connectivity index is 2.04. The van der Waals surface area contributed by atoms with E-state index in [2.05, 4.69) is 28.6 Å². The second-order valence-electron chi connectivity index (χ2n) is 4.61. The molecule has 1 atom stereocenters. The molecule has 4 heteroatoms. The Kier molecular flexibility index (Phi) is 2.89. The molecule has 0 radical (unpaired) electrons. The van der Waals surface area contributed by atoms with Gasteiger partial charge in [-0.1, -0.05) is 12.1 Å². The van der Waals surface area contributed by atoms with E-state index in [9.17, 15) is 0 Å². The molecule has 94 valence electrons. The molecule has 1 N–H and O–H groups in total. The van der Waals surface area contributed by atoms with Crippen molar-refractivity contribution in [2.24, 2.45) is 7.05 Å². The van der Waals surface area contributed by atoms with Gasteiger partial charge in [-0.2, -0.15) is 5.10 Å². The Morgan fingerprint density at radius 3 is 3.00 bits per heavy atom. The zero-order valence-electron chi connectivity index (χ0n) is 10.7. The molecule has 2 heterocycles. The quantitative estimate of drug-likeness (QED) is 0.875. The van der Waals surface area contributed by atoms with E-state index in [4.69, 9.17) is 4.74 Å². The van der Waals surface area contributed by atoms with Gasteiger partial charge in [0.15, 0.2) is 0 Å². The third-order valence-electron chi connectivity index (χ3n) is 3.53. The van der Waals surface area contributed by atoms with E-state index in [1.54, 1.807) is 0 Å². The summed E-state index contributed by atoms with van der Waals surface area (Å²) >= 11 is 0. The van der Waals surface area contributed by atoms with Crippen LogP contribution in [0.4, 0.5) is 0 Å². The molecule has 18 heavy (non-hydrogen) atoms. The first-order chi connectivity index (χ1) is 8.79. The van der Waals surface area contributed by atoms with Gasteiger partial charge in [0.2, 0.25) is 0 Å². The second-order valence-corrected chi connectivity index (χ2v) is 4.61. The fourth-order valence-corrected chi connectivity index (χ4v) is 2.50. The van der Waals surface area contributed by atoms with E-state index in [1.807, 2.05) is 31.0 Å². The minimum atomic E-state index is 0.300. The lowest BCUT2D eigenvalue weighted by Crippen LogP contribution is -2.26. The van der Waals surface area contributed by atoms with Crippen molar-refractivity contribution < 1.29 is 4.74 Å². The highest BCUT2D eigenvalue weighted by Crippen LogP contribution is 2.29. The molecule has 3 rings (SSSR count). The molecule has 0 saturated carbocycles. The molecule has 0 fully saturated rings. The lowest BCUT2D eigenvalue weighted by Gasteiger charge is -2.25. The number of aromatic nitrogens is 2. The summed E-state index contributed by atoms with van der Waals surface area (Å²) in [6, 6.07) is 8.89. The second kappa shape index (κ2) is 4.55. The number of hydrogen-bond acceptors (Lipinski definition) is 3. The van der Waals surface area contributed by atoms with E-state index in [0.29, 0.717) is 12.6 Å². The number of rotatable bonds is 2. The van der Waals surface area contributed by atoms with Crippen LogP contribution in [-0.2, 0) is 18.4 Å². The fraction of sp³-hybridized carbons (Fsp3) is 0.357. The van der Waals surface area contributed by atoms with Crippen molar-refractivity contribution in [1.82, 2.24) is 15.1 Å². The van der Waals surface area contributed by atoms with Gasteiger partial charge in [-0.3, -0.25) is 4.68 Å². The number of ether oxygens (including phenoxy) is 1. The highest BCUT2D eigenvalue weighted by Gasteiger charge is 2.19. The van der Waals surface area contributed by atoms with Gasteiger partial charge in [0.05, 0.1) is 24.9 Å². The van der Waals surface area contributed by atoms with Crippen molar-refractivity contribution in [2.75, 3.05) is 13.7 Å². The maximum absolute atomic E-state index is 5.62. The number of aryl methyl sites for hydroxylation is 1.